The Morgan fingerprint density at radius 2 is 2.21 bits per heavy atom. The van der Waals surface area contributed by atoms with E-state index in [1.54, 1.807) is 7.11 Å². The second kappa shape index (κ2) is 6.23. The molecule has 2 aromatic carbocycles. The fourth-order valence-corrected chi connectivity index (χ4v) is 4.78. The lowest BCUT2D eigenvalue weighted by atomic mass is 9.73. The Hall–Kier alpha value is -1.84. The Bertz CT molecular complexity index is 757. The third-order valence-corrected chi connectivity index (χ3v) is 6.15. The number of quaternary nitrogens is 1. The fraction of sp³-hybridized carbons (Fsp3) is 0.429. The molecule has 2 bridgehead atoms. The smallest absolute Gasteiger partial charge is 0.131 e. The molecule has 3 saturated heterocycles. The van der Waals surface area contributed by atoms with Crippen LogP contribution >= 0.6 is 0 Å². The first kappa shape index (κ1) is 15.7. The van der Waals surface area contributed by atoms with Crippen LogP contribution in [0.2, 0.25) is 0 Å². The predicted octanol–water partition coefficient (Wildman–Crippen LogP) is 2.36. The molecule has 3 aliphatic rings. The van der Waals surface area contributed by atoms with Crippen molar-refractivity contribution in [2.24, 2.45) is 11.8 Å². The molecule has 3 aliphatic heterocycles. The molecule has 3 nitrogen and oxygen atoms in total. The Morgan fingerprint density at radius 3 is 2.92 bits per heavy atom. The maximum absolute atomic E-state index is 11.2. The van der Waals surface area contributed by atoms with Gasteiger partial charge in [-0.3, -0.25) is 0 Å². The van der Waals surface area contributed by atoms with Crippen molar-refractivity contribution >= 4 is 10.8 Å². The number of fused-ring (bicyclic) bond motifs is 4. The number of benzene rings is 2. The first-order valence-electron chi connectivity index (χ1n) is 8.93. The molecule has 0 saturated carbocycles. The second-order valence-corrected chi connectivity index (χ2v) is 7.28. The van der Waals surface area contributed by atoms with Crippen molar-refractivity contribution in [1.82, 2.24) is 0 Å². The summed E-state index contributed by atoms with van der Waals surface area (Å²) < 4.78 is 5.38. The second-order valence-electron chi connectivity index (χ2n) is 7.28. The van der Waals surface area contributed by atoms with Gasteiger partial charge in [-0.05, 0) is 34.4 Å². The number of rotatable bonds is 4. The topological polar surface area (TPSA) is 33.9 Å². The van der Waals surface area contributed by atoms with Gasteiger partial charge in [-0.1, -0.05) is 30.3 Å². The zero-order chi connectivity index (χ0) is 16.7. The Kier molecular flexibility index (Phi) is 4.07. The van der Waals surface area contributed by atoms with E-state index in [4.69, 9.17) is 4.74 Å². The molecule has 0 amide bonds. The van der Waals surface area contributed by atoms with Gasteiger partial charge >= 0.3 is 0 Å². The highest BCUT2D eigenvalue weighted by atomic mass is 16.5. The molecule has 2 N–H and O–H groups in total. The molecular weight excluding hydrogens is 298 g/mol. The highest BCUT2D eigenvalue weighted by molar-refractivity contribution is 5.87. The quantitative estimate of drug-likeness (QED) is 0.847. The van der Waals surface area contributed by atoms with Crippen LogP contribution in [0.25, 0.3) is 10.8 Å². The lowest BCUT2D eigenvalue weighted by molar-refractivity contribution is -0.949. The maximum atomic E-state index is 11.2. The zero-order valence-corrected chi connectivity index (χ0v) is 14.2. The minimum atomic E-state index is -0.427. The largest absolute Gasteiger partial charge is 0.497 e. The van der Waals surface area contributed by atoms with Crippen molar-refractivity contribution in [1.29, 1.82) is 0 Å². The molecule has 0 spiro atoms. The van der Waals surface area contributed by atoms with Crippen LogP contribution in [0.5, 0.6) is 5.75 Å². The van der Waals surface area contributed by atoms with Crippen LogP contribution < -0.4 is 9.64 Å². The molecule has 0 aliphatic carbocycles. The van der Waals surface area contributed by atoms with E-state index in [2.05, 4.69) is 30.9 Å². The first-order valence-corrected chi connectivity index (χ1v) is 8.93. The van der Waals surface area contributed by atoms with E-state index in [9.17, 15) is 5.11 Å². The fourth-order valence-electron chi connectivity index (χ4n) is 4.78. The summed E-state index contributed by atoms with van der Waals surface area (Å²) >= 11 is 0. The van der Waals surface area contributed by atoms with Crippen LogP contribution in [-0.2, 0) is 0 Å². The summed E-state index contributed by atoms with van der Waals surface area (Å²) in [6.45, 7) is 6.29. The molecule has 5 rings (SSSR count). The molecule has 0 radical (unpaired) electrons. The minimum absolute atomic E-state index is 0.289. The van der Waals surface area contributed by atoms with Crippen LogP contribution in [0, 0.1) is 11.8 Å². The number of piperidine rings is 3. The summed E-state index contributed by atoms with van der Waals surface area (Å²) in [5.41, 5.74) is 1.03. The average molecular weight is 324 g/mol. The van der Waals surface area contributed by atoms with E-state index in [0.29, 0.717) is 11.8 Å². The molecule has 0 aromatic heterocycles. The van der Waals surface area contributed by atoms with Gasteiger partial charge in [-0.15, -0.1) is 6.58 Å². The van der Waals surface area contributed by atoms with Crippen molar-refractivity contribution < 1.29 is 14.7 Å². The number of nitrogens with one attached hydrogen (secondary N) is 1. The van der Waals surface area contributed by atoms with Gasteiger partial charge in [0.25, 0.3) is 0 Å². The Balaban J connectivity index is 1.69. The number of aliphatic hydroxyl groups excluding tert-OH is 1. The highest BCUT2D eigenvalue weighted by Crippen LogP contribution is 2.35. The molecule has 5 atom stereocenters. The van der Waals surface area contributed by atoms with E-state index in [1.165, 1.54) is 17.9 Å². The third kappa shape index (κ3) is 2.52. The van der Waals surface area contributed by atoms with E-state index < -0.39 is 6.10 Å². The summed E-state index contributed by atoms with van der Waals surface area (Å²) in [5, 5.41) is 13.5. The number of hydrogen-bond donors (Lipinski definition) is 2. The van der Waals surface area contributed by atoms with Gasteiger partial charge in [0, 0.05) is 18.8 Å². The van der Waals surface area contributed by atoms with E-state index in [-0.39, 0.29) is 6.04 Å². The molecule has 2 aromatic rings. The van der Waals surface area contributed by atoms with Crippen molar-refractivity contribution in [3.8, 4) is 5.75 Å². The van der Waals surface area contributed by atoms with E-state index in [0.717, 1.165) is 35.1 Å². The summed E-state index contributed by atoms with van der Waals surface area (Å²) in [6, 6.07) is 12.6. The maximum Gasteiger partial charge on any atom is 0.131 e. The highest BCUT2D eigenvalue weighted by Gasteiger charge is 2.45. The molecule has 24 heavy (non-hydrogen) atoms. The van der Waals surface area contributed by atoms with Gasteiger partial charge in [-0.25, -0.2) is 0 Å². The van der Waals surface area contributed by atoms with E-state index >= 15 is 0 Å². The van der Waals surface area contributed by atoms with Gasteiger partial charge in [-0.2, -0.15) is 0 Å². The Labute approximate surface area is 143 Å². The summed E-state index contributed by atoms with van der Waals surface area (Å²) in [5.74, 6) is 2.14. The summed E-state index contributed by atoms with van der Waals surface area (Å²) in [6.07, 6.45) is 4.05. The Morgan fingerprint density at radius 1 is 1.33 bits per heavy atom. The lowest BCUT2D eigenvalue weighted by Gasteiger charge is -2.47. The molecule has 3 fully saturated rings. The molecule has 126 valence electrons. The zero-order valence-electron chi connectivity index (χ0n) is 14.2. The van der Waals surface area contributed by atoms with Crippen LogP contribution in [0.15, 0.2) is 49.1 Å². The SMILES string of the molecule is C=C[C@H]1C[NH+]2CC[C@H]1C[C@H]2[C@H](O)c1cccc2ccc(OC)cc12. The number of methoxy groups -OCH3 is 1. The lowest BCUT2D eigenvalue weighted by Crippen LogP contribution is -3.20. The van der Waals surface area contributed by atoms with Crippen LogP contribution in [0.1, 0.15) is 24.5 Å². The summed E-state index contributed by atoms with van der Waals surface area (Å²) in [4.78, 5) is 1.54. The molecule has 3 heterocycles. The number of ether oxygens (including phenoxy) is 1. The van der Waals surface area contributed by atoms with Crippen LogP contribution in [-0.4, -0.2) is 31.3 Å². The van der Waals surface area contributed by atoms with Crippen molar-refractivity contribution in [3.63, 3.8) is 0 Å². The molecule has 1 unspecified atom stereocenters. The van der Waals surface area contributed by atoms with Gasteiger partial charge < -0.3 is 14.7 Å². The monoisotopic (exact) mass is 324 g/mol. The van der Waals surface area contributed by atoms with Crippen molar-refractivity contribution in [3.05, 3.63) is 54.6 Å². The predicted molar refractivity (Wildman–Crippen MR) is 96.4 cm³/mol. The van der Waals surface area contributed by atoms with Crippen molar-refractivity contribution in [2.75, 3.05) is 20.2 Å². The van der Waals surface area contributed by atoms with E-state index in [1.807, 2.05) is 18.2 Å². The normalized spacial score (nSPS) is 30.2. The van der Waals surface area contributed by atoms with Crippen LogP contribution in [0.3, 0.4) is 0 Å². The minimum Gasteiger partial charge on any atom is -0.497 e. The summed E-state index contributed by atoms with van der Waals surface area (Å²) in [7, 11) is 1.69. The number of hydrogen-bond acceptors (Lipinski definition) is 2. The van der Waals surface area contributed by atoms with Gasteiger partial charge in [0.15, 0.2) is 0 Å². The number of aliphatic hydroxyl groups is 1. The van der Waals surface area contributed by atoms with Gasteiger partial charge in [0.05, 0.1) is 20.2 Å². The molecular formula is C21H26NO2+. The van der Waals surface area contributed by atoms with Gasteiger partial charge in [0.1, 0.15) is 17.9 Å². The average Bonchev–Trinajstić information content (AvgIpc) is 2.66. The standard InChI is InChI=1S/C21H25NO2/c1-3-14-13-22-10-9-16(14)11-20(22)21(23)18-6-4-5-15-7-8-17(24-2)12-19(15)18/h3-8,12,14,16,20-21,23H,1,9-11,13H2,2H3/p+1/t14-,16-,20-,21+/m0/s1. The van der Waals surface area contributed by atoms with Crippen molar-refractivity contribution in [2.45, 2.75) is 25.0 Å². The van der Waals surface area contributed by atoms with Gasteiger partial charge in [0.2, 0.25) is 0 Å². The molecule has 3 heteroatoms. The van der Waals surface area contributed by atoms with Crippen LogP contribution in [0.4, 0.5) is 0 Å². The third-order valence-electron chi connectivity index (χ3n) is 6.15. The first-order chi connectivity index (χ1) is 11.7.